The van der Waals surface area contributed by atoms with Crippen molar-refractivity contribution in [2.24, 2.45) is 5.92 Å². The summed E-state index contributed by atoms with van der Waals surface area (Å²) in [6.45, 7) is 1.39. The van der Waals surface area contributed by atoms with E-state index in [1.807, 2.05) is 53.4 Å². The first-order valence-corrected chi connectivity index (χ1v) is 10.1. The van der Waals surface area contributed by atoms with Crippen molar-refractivity contribution in [1.82, 2.24) is 9.88 Å². The van der Waals surface area contributed by atoms with Crippen LogP contribution in [-0.4, -0.2) is 40.1 Å². The minimum atomic E-state index is -0.306. The number of carbonyl (C=O) groups excluding carboxylic acids is 1. The minimum Gasteiger partial charge on any atom is -0.393 e. The van der Waals surface area contributed by atoms with Gasteiger partial charge in [0.25, 0.3) is 5.91 Å². The number of aromatic nitrogens is 1. The Hall–Kier alpha value is -2.72. The zero-order valence-corrected chi connectivity index (χ0v) is 16.0. The van der Waals surface area contributed by atoms with Crippen LogP contribution < -0.4 is 0 Å². The van der Waals surface area contributed by atoms with Gasteiger partial charge in [-0.15, -0.1) is 0 Å². The Balaban J connectivity index is 1.35. The molecule has 1 amide bonds. The van der Waals surface area contributed by atoms with E-state index >= 15 is 0 Å². The minimum absolute atomic E-state index is 0.0656. The molecule has 1 aliphatic heterocycles. The van der Waals surface area contributed by atoms with Gasteiger partial charge in [0.2, 0.25) is 0 Å². The van der Waals surface area contributed by atoms with Crippen molar-refractivity contribution in [2.75, 3.05) is 13.1 Å². The second-order valence-corrected chi connectivity index (χ2v) is 7.60. The van der Waals surface area contributed by atoms with Gasteiger partial charge in [-0.05, 0) is 55.4 Å². The number of hydrogen-bond donors (Lipinski definition) is 1. The third-order valence-electron chi connectivity index (χ3n) is 5.82. The lowest BCUT2D eigenvalue weighted by atomic mass is 9.88. The Morgan fingerprint density at radius 3 is 2.61 bits per heavy atom. The molecule has 2 aromatic carbocycles. The monoisotopic (exact) mass is 374 g/mol. The summed E-state index contributed by atoms with van der Waals surface area (Å²) in [5, 5.41) is 11.5. The van der Waals surface area contributed by atoms with Crippen molar-refractivity contribution in [2.45, 2.75) is 31.8 Å². The molecule has 1 saturated heterocycles. The van der Waals surface area contributed by atoms with Gasteiger partial charge in [0.05, 0.1) is 11.6 Å². The van der Waals surface area contributed by atoms with Crippen LogP contribution >= 0.6 is 0 Å². The van der Waals surface area contributed by atoms with Gasteiger partial charge in [0.1, 0.15) is 0 Å². The molecule has 2 heterocycles. The number of pyridine rings is 1. The third kappa shape index (κ3) is 4.07. The Morgan fingerprint density at radius 2 is 1.82 bits per heavy atom. The van der Waals surface area contributed by atoms with Crippen molar-refractivity contribution in [3.63, 3.8) is 0 Å². The number of benzene rings is 2. The summed E-state index contributed by atoms with van der Waals surface area (Å²) in [5.41, 5.74) is 2.83. The smallest absolute Gasteiger partial charge is 0.254 e. The molecule has 1 unspecified atom stereocenters. The van der Waals surface area contributed by atoms with E-state index in [-0.39, 0.29) is 17.9 Å². The number of nitrogens with zero attached hydrogens (tertiary/aromatic N) is 2. The van der Waals surface area contributed by atoms with Crippen LogP contribution in [0.1, 0.15) is 35.2 Å². The van der Waals surface area contributed by atoms with E-state index in [0.717, 1.165) is 36.6 Å². The molecule has 0 aliphatic carbocycles. The second-order valence-electron chi connectivity index (χ2n) is 7.60. The van der Waals surface area contributed by atoms with E-state index in [1.165, 1.54) is 5.56 Å². The number of carbonyl (C=O) groups is 1. The van der Waals surface area contributed by atoms with Gasteiger partial charge < -0.3 is 10.0 Å². The molecular formula is C24H26N2O2. The number of piperidine rings is 1. The highest BCUT2D eigenvalue weighted by atomic mass is 16.3. The van der Waals surface area contributed by atoms with E-state index in [4.69, 9.17) is 0 Å². The lowest BCUT2D eigenvalue weighted by molar-refractivity contribution is 0.0438. The van der Waals surface area contributed by atoms with Crippen molar-refractivity contribution in [1.29, 1.82) is 0 Å². The molecule has 28 heavy (non-hydrogen) atoms. The largest absolute Gasteiger partial charge is 0.393 e. The van der Waals surface area contributed by atoms with Gasteiger partial charge in [-0.25, -0.2) is 0 Å². The zero-order valence-electron chi connectivity index (χ0n) is 16.0. The summed E-state index contributed by atoms with van der Waals surface area (Å²) in [7, 11) is 0. The van der Waals surface area contributed by atoms with E-state index in [9.17, 15) is 9.90 Å². The van der Waals surface area contributed by atoms with Gasteiger partial charge in [-0.2, -0.15) is 0 Å². The third-order valence-corrected chi connectivity index (χ3v) is 5.82. The molecule has 4 heteroatoms. The average Bonchev–Trinajstić information content (AvgIpc) is 2.77. The molecule has 144 valence electrons. The Bertz CT molecular complexity index is 928. The summed E-state index contributed by atoms with van der Waals surface area (Å²) in [5.74, 6) is 0.331. The molecule has 1 atom stereocenters. The lowest BCUT2D eigenvalue weighted by Crippen LogP contribution is -2.41. The van der Waals surface area contributed by atoms with Crippen molar-refractivity contribution < 1.29 is 9.90 Å². The molecule has 1 aliphatic rings. The van der Waals surface area contributed by atoms with Crippen LogP contribution in [0.3, 0.4) is 0 Å². The maximum atomic E-state index is 13.0. The van der Waals surface area contributed by atoms with E-state index in [1.54, 1.807) is 6.20 Å². The second kappa shape index (κ2) is 8.53. The van der Waals surface area contributed by atoms with Crippen molar-refractivity contribution in [3.8, 4) is 0 Å². The predicted octanol–water partition coefficient (Wildman–Crippen LogP) is 4.08. The Labute approximate surface area is 165 Å². The normalized spacial score (nSPS) is 16.2. The first kappa shape index (κ1) is 18.6. The number of hydrogen-bond acceptors (Lipinski definition) is 3. The maximum absolute atomic E-state index is 13.0. The number of fused-ring (bicyclic) bond motifs is 1. The highest BCUT2D eigenvalue weighted by Gasteiger charge is 2.28. The molecule has 1 fully saturated rings. The molecule has 0 radical (unpaired) electrons. The highest BCUT2D eigenvalue weighted by molar-refractivity contribution is 6.06. The van der Waals surface area contributed by atoms with Crippen LogP contribution in [0.5, 0.6) is 0 Å². The molecule has 1 aromatic heterocycles. The van der Waals surface area contributed by atoms with Gasteiger partial charge in [0.15, 0.2) is 0 Å². The van der Waals surface area contributed by atoms with Crippen LogP contribution in [0.25, 0.3) is 10.9 Å². The number of aryl methyl sites for hydroxylation is 1. The molecule has 1 N–H and O–H groups in total. The van der Waals surface area contributed by atoms with Crippen molar-refractivity contribution >= 4 is 16.8 Å². The molecule has 0 bridgehead atoms. The molecule has 3 aromatic rings. The van der Waals surface area contributed by atoms with Crippen molar-refractivity contribution in [3.05, 3.63) is 78.0 Å². The van der Waals surface area contributed by atoms with E-state index in [0.29, 0.717) is 18.7 Å². The first-order chi connectivity index (χ1) is 13.7. The van der Waals surface area contributed by atoms with Gasteiger partial charge in [-0.3, -0.25) is 9.78 Å². The topological polar surface area (TPSA) is 53.4 Å². The van der Waals surface area contributed by atoms with Crippen LogP contribution in [0, 0.1) is 5.92 Å². The van der Waals surface area contributed by atoms with Crippen LogP contribution in [0.4, 0.5) is 0 Å². The van der Waals surface area contributed by atoms with Gasteiger partial charge >= 0.3 is 0 Å². The number of aliphatic hydroxyl groups is 1. The fraction of sp³-hybridized carbons (Fsp3) is 0.333. The molecule has 0 saturated carbocycles. The molecule has 4 nitrogen and oxygen atoms in total. The fourth-order valence-electron chi connectivity index (χ4n) is 4.14. The standard InChI is InChI=1S/C24H26N2O2/c27-23(12-11-18-6-2-1-3-7-18)19-13-16-26(17-14-19)24(28)21-8-4-10-22-20(21)9-5-15-25-22/h1-10,15,19,23,27H,11-14,16-17H2. The van der Waals surface area contributed by atoms with E-state index < -0.39 is 0 Å². The average molecular weight is 374 g/mol. The molecular weight excluding hydrogens is 348 g/mol. The SMILES string of the molecule is O=C(c1cccc2ncccc12)N1CCC(C(O)CCc2ccccc2)CC1. The van der Waals surface area contributed by atoms with E-state index in [2.05, 4.69) is 17.1 Å². The summed E-state index contributed by atoms with van der Waals surface area (Å²) in [6.07, 6.45) is 4.81. The zero-order chi connectivity index (χ0) is 19.3. The van der Waals surface area contributed by atoms with Crippen LogP contribution in [0.15, 0.2) is 66.9 Å². The van der Waals surface area contributed by atoms with Gasteiger partial charge in [0, 0.05) is 30.2 Å². The first-order valence-electron chi connectivity index (χ1n) is 10.1. The quantitative estimate of drug-likeness (QED) is 0.732. The summed E-state index contributed by atoms with van der Waals surface area (Å²) in [6, 6.07) is 19.8. The predicted molar refractivity (Wildman–Crippen MR) is 111 cm³/mol. The summed E-state index contributed by atoms with van der Waals surface area (Å²) < 4.78 is 0. The number of likely N-dealkylation sites (tertiary alicyclic amines) is 1. The lowest BCUT2D eigenvalue weighted by Gasteiger charge is -2.34. The number of rotatable bonds is 5. The fourth-order valence-corrected chi connectivity index (χ4v) is 4.14. The van der Waals surface area contributed by atoms with Crippen LogP contribution in [-0.2, 0) is 6.42 Å². The van der Waals surface area contributed by atoms with Gasteiger partial charge in [-0.1, -0.05) is 42.5 Å². The summed E-state index contributed by atoms with van der Waals surface area (Å²) in [4.78, 5) is 19.3. The highest BCUT2D eigenvalue weighted by Crippen LogP contribution is 2.26. The summed E-state index contributed by atoms with van der Waals surface area (Å²) >= 11 is 0. The Kier molecular flexibility index (Phi) is 5.68. The number of aliphatic hydroxyl groups excluding tert-OH is 1. The molecule has 0 spiro atoms. The van der Waals surface area contributed by atoms with Crippen LogP contribution in [0.2, 0.25) is 0 Å². The number of amides is 1. The maximum Gasteiger partial charge on any atom is 0.254 e. The Morgan fingerprint density at radius 1 is 1.04 bits per heavy atom. The molecule has 4 rings (SSSR count).